The fourth-order valence-corrected chi connectivity index (χ4v) is 0.619. The van der Waals surface area contributed by atoms with Crippen LogP contribution in [-0.2, 0) is 9.08 Å². The van der Waals surface area contributed by atoms with Crippen LogP contribution in [0.5, 0.6) is 5.75 Å². The average molecular weight is 220 g/mol. The van der Waals surface area contributed by atoms with Crippen LogP contribution >= 0.6 is 11.9 Å². The molecular weight excluding hydrogens is 214 g/mol. The molecule has 1 aromatic carbocycles. The molecule has 14 heavy (non-hydrogen) atoms. The van der Waals surface area contributed by atoms with Crippen LogP contribution in [-0.4, -0.2) is 16.5 Å². The number of rotatable bonds is 2. The highest BCUT2D eigenvalue weighted by Crippen LogP contribution is 2.23. The standard InChI is InChI=1S/C6H5NO3.CHClO2/c8-6-4-2-1-3-5(6)7(9)10;2-4-1-3/h1-4,8H;1H. The van der Waals surface area contributed by atoms with Gasteiger partial charge in [-0.1, -0.05) is 12.1 Å². The molecule has 0 bridgehead atoms. The van der Waals surface area contributed by atoms with Crippen LogP contribution in [0.3, 0.4) is 0 Å². The Morgan fingerprint density at radius 2 is 2.00 bits per heavy atom. The molecule has 1 N–H and O–H groups in total. The van der Waals surface area contributed by atoms with Crippen molar-refractivity contribution >= 4 is 24.0 Å². The van der Waals surface area contributed by atoms with Crippen LogP contribution in [0.2, 0.25) is 0 Å². The molecule has 0 saturated heterocycles. The first-order valence-corrected chi connectivity index (χ1v) is 3.57. The van der Waals surface area contributed by atoms with E-state index in [1.807, 2.05) is 0 Å². The van der Waals surface area contributed by atoms with E-state index in [-0.39, 0.29) is 17.9 Å². The monoisotopic (exact) mass is 219 g/mol. The lowest BCUT2D eigenvalue weighted by Gasteiger charge is -1.91. The molecule has 1 rings (SSSR count). The number of aromatic hydroxyl groups is 1. The third-order valence-electron chi connectivity index (χ3n) is 1.11. The fourth-order valence-electron chi connectivity index (χ4n) is 0.619. The maximum Gasteiger partial charge on any atom is 0.312 e. The van der Waals surface area contributed by atoms with Crippen molar-refractivity contribution in [1.29, 1.82) is 0 Å². The average Bonchev–Trinajstić information content (AvgIpc) is 2.18. The zero-order valence-electron chi connectivity index (χ0n) is 6.79. The van der Waals surface area contributed by atoms with Crippen molar-refractivity contribution in [1.82, 2.24) is 0 Å². The molecule has 0 unspecified atom stereocenters. The molecule has 76 valence electrons. The van der Waals surface area contributed by atoms with Crippen molar-refractivity contribution < 1.29 is 19.1 Å². The Hall–Kier alpha value is -1.82. The van der Waals surface area contributed by atoms with E-state index in [1.165, 1.54) is 24.3 Å². The highest BCUT2D eigenvalue weighted by atomic mass is 35.5. The maximum absolute atomic E-state index is 10.1. The molecule has 0 radical (unpaired) electrons. The van der Waals surface area contributed by atoms with Gasteiger partial charge >= 0.3 is 12.2 Å². The second-order valence-corrected chi connectivity index (χ2v) is 2.11. The molecule has 0 aliphatic carbocycles. The van der Waals surface area contributed by atoms with Gasteiger partial charge in [0.2, 0.25) is 0 Å². The van der Waals surface area contributed by atoms with Gasteiger partial charge in [-0.15, -0.1) is 0 Å². The van der Waals surface area contributed by atoms with Crippen LogP contribution < -0.4 is 0 Å². The van der Waals surface area contributed by atoms with Crippen molar-refractivity contribution in [2.75, 3.05) is 0 Å². The number of nitro groups is 1. The van der Waals surface area contributed by atoms with Crippen LogP contribution in [0.4, 0.5) is 5.69 Å². The molecule has 6 nitrogen and oxygen atoms in total. The van der Waals surface area contributed by atoms with E-state index in [4.69, 9.17) is 9.90 Å². The van der Waals surface area contributed by atoms with E-state index in [0.29, 0.717) is 0 Å². The SMILES string of the molecule is O=COCl.O=[N+]([O-])c1ccccc1O. The van der Waals surface area contributed by atoms with E-state index in [9.17, 15) is 10.1 Å². The third kappa shape index (κ3) is 4.27. The Morgan fingerprint density at radius 3 is 2.29 bits per heavy atom. The van der Waals surface area contributed by atoms with Gasteiger partial charge in [0, 0.05) is 6.07 Å². The van der Waals surface area contributed by atoms with E-state index in [0.717, 1.165) is 0 Å². The summed E-state index contributed by atoms with van der Waals surface area (Å²) < 4.78 is 3.33. The first-order valence-electron chi connectivity index (χ1n) is 3.27. The molecule has 0 aliphatic rings. The zero-order valence-corrected chi connectivity index (χ0v) is 7.55. The summed E-state index contributed by atoms with van der Waals surface area (Å²) in [6.07, 6.45) is 0. The topological polar surface area (TPSA) is 89.7 Å². The summed E-state index contributed by atoms with van der Waals surface area (Å²) in [6.45, 7) is 0.140. The predicted octanol–water partition coefficient (Wildman–Crippen LogP) is 1.61. The van der Waals surface area contributed by atoms with Crippen molar-refractivity contribution in [2.24, 2.45) is 0 Å². The van der Waals surface area contributed by atoms with Gasteiger partial charge in [-0.05, 0) is 6.07 Å². The molecule has 1 aromatic rings. The molecule has 0 aliphatic heterocycles. The summed E-state index contributed by atoms with van der Waals surface area (Å²) in [5.74, 6) is -0.299. The molecule has 7 heteroatoms. The van der Waals surface area contributed by atoms with Gasteiger partial charge in [-0.3, -0.25) is 14.9 Å². The first kappa shape index (κ1) is 12.2. The quantitative estimate of drug-likeness (QED) is 0.464. The lowest BCUT2D eigenvalue weighted by molar-refractivity contribution is -0.385. The number of phenolic OH excluding ortho intramolecular Hbond substituents is 1. The van der Waals surface area contributed by atoms with Crippen molar-refractivity contribution in [3.8, 4) is 5.75 Å². The number of carbonyl (C=O) groups is 1. The van der Waals surface area contributed by atoms with Gasteiger partial charge in [0.05, 0.1) is 4.92 Å². The summed E-state index contributed by atoms with van der Waals surface area (Å²) in [5, 5.41) is 18.9. The van der Waals surface area contributed by atoms with E-state index in [2.05, 4.69) is 16.2 Å². The number of nitro benzene ring substituents is 1. The number of para-hydroxylation sites is 2. The van der Waals surface area contributed by atoms with E-state index >= 15 is 0 Å². The molecule has 0 amide bonds. The number of halogens is 1. The van der Waals surface area contributed by atoms with Crippen LogP contribution in [0, 0.1) is 10.1 Å². The van der Waals surface area contributed by atoms with E-state index < -0.39 is 4.92 Å². The second kappa shape index (κ2) is 6.67. The smallest absolute Gasteiger partial charge is 0.312 e. The molecular formula is C7H6ClNO5. The lowest BCUT2D eigenvalue weighted by Crippen LogP contribution is -1.86. The van der Waals surface area contributed by atoms with Crippen LogP contribution in [0.15, 0.2) is 24.3 Å². The zero-order chi connectivity index (χ0) is 11.0. The summed E-state index contributed by atoms with van der Waals surface area (Å²) in [6, 6.07) is 5.55. The van der Waals surface area contributed by atoms with Gasteiger partial charge in [0.1, 0.15) is 11.9 Å². The van der Waals surface area contributed by atoms with Gasteiger partial charge in [0.25, 0.3) is 0 Å². The summed E-state index contributed by atoms with van der Waals surface area (Å²) in [5.41, 5.74) is -0.262. The Balaban J connectivity index is 0.000000364. The highest BCUT2D eigenvalue weighted by Gasteiger charge is 2.09. The van der Waals surface area contributed by atoms with Gasteiger partial charge in [0.15, 0.2) is 5.75 Å². The van der Waals surface area contributed by atoms with Crippen LogP contribution in [0.1, 0.15) is 0 Å². The van der Waals surface area contributed by atoms with Gasteiger partial charge in [-0.2, -0.15) is 0 Å². The highest BCUT2D eigenvalue weighted by molar-refractivity contribution is 6.10. The number of nitrogens with zero attached hydrogens (tertiary/aromatic N) is 1. The van der Waals surface area contributed by atoms with Crippen molar-refractivity contribution in [2.45, 2.75) is 0 Å². The number of benzene rings is 1. The Labute approximate surface area is 84.0 Å². The second-order valence-electron chi connectivity index (χ2n) is 1.93. The number of phenols is 1. The number of carbonyl (C=O) groups excluding carboxylic acids is 1. The molecule has 0 fully saturated rings. The molecule has 0 saturated carbocycles. The summed E-state index contributed by atoms with van der Waals surface area (Å²) >= 11 is 4.32. The minimum atomic E-state index is -0.630. The molecule has 0 heterocycles. The summed E-state index contributed by atoms with van der Waals surface area (Å²) in [4.78, 5) is 18.3. The number of hydrogen-bond acceptors (Lipinski definition) is 5. The number of hydrogen-bond donors (Lipinski definition) is 1. The largest absolute Gasteiger partial charge is 0.502 e. The van der Waals surface area contributed by atoms with Crippen LogP contribution in [0.25, 0.3) is 0 Å². The Kier molecular flexibility index (Phi) is 5.80. The molecule has 0 aromatic heterocycles. The minimum absolute atomic E-state index is 0.140. The molecule has 0 atom stereocenters. The Bertz CT molecular complexity index is 317. The van der Waals surface area contributed by atoms with Gasteiger partial charge in [-0.25, -0.2) is 0 Å². The lowest BCUT2D eigenvalue weighted by atomic mass is 10.3. The molecule has 0 spiro atoms. The predicted molar refractivity (Wildman–Crippen MR) is 47.8 cm³/mol. The van der Waals surface area contributed by atoms with E-state index in [1.54, 1.807) is 0 Å². The summed E-state index contributed by atoms with van der Waals surface area (Å²) in [7, 11) is 0. The first-order chi connectivity index (χ1) is 6.63. The third-order valence-corrected chi connectivity index (χ3v) is 1.19. The van der Waals surface area contributed by atoms with Crippen molar-refractivity contribution in [3.05, 3.63) is 34.4 Å². The minimum Gasteiger partial charge on any atom is -0.502 e. The van der Waals surface area contributed by atoms with Gasteiger partial charge < -0.3 is 9.40 Å². The Morgan fingerprint density at radius 1 is 1.50 bits per heavy atom. The van der Waals surface area contributed by atoms with Crippen molar-refractivity contribution in [3.63, 3.8) is 0 Å². The normalized spacial score (nSPS) is 8.07. The maximum atomic E-state index is 10.1. The fraction of sp³-hybridized carbons (Fsp3) is 0.